The van der Waals surface area contributed by atoms with Gasteiger partial charge in [-0.1, -0.05) is 17.7 Å². The van der Waals surface area contributed by atoms with Gasteiger partial charge in [-0.15, -0.1) is 0 Å². The van der Waals surface area contributed by atoms with E-state index in [-0.39, 0.29) is 10.9 Å². The van der Waals surface area contributed by atoms with Crippen LogP contribution in [0, 0.1) is 6.92 Å². The molecule has 11 heteroatoms. The van der Waals surface area contributed by atoms with Gasteiger partial charge in [-0.2, -0.15) is 0 Å². The van der Waals surface area contributed by atoms with Gasteiger partial charge < -0.3 is 15.0 Å². The lowest BCUT2D eigenvalue weighted by Gasteiger charge is -2.22. The maximum absolute atomic E-state index is 13.3. The molecule has 1 amide bonds. The highest BCUT2D eigenvalue weighted by Crippen LogP contribution is 2.28. The number of benzene rings is 1. The summed E-state index contributed by atoms with van der Waals surface area (Å²) in [5, 5.41) is 2.93. The lowest BCUT2D eigenvalue weighted by Crippen LogP contribution is -2.40. The average Bonchev–Trinajstić information content (AvgIpc) is 3.49. The van der Waals surface area contributed by atoms with Crippen molar-refractivity contribution in [3.8, 4) is 0 Å². The molecule has 1 atom stereocenters. The standard InChI is InChI=1S/C24H28N6O4S/c1-16-5-7-18(8-6-16)35(32,33)29-12-10-19-22(29)26-13-20-25-14-21(30(19)20)28-11-9-17(15-28)27-23(31)34-24(2,3)4/h5-8,10,12-14,17H,9,11,15H2,1-4H3,(H,27,31). The number of hydrogen-bond acceptors (Lipinski definition) is 7. The molecular formula is C24H28N6O4S. The number of amides is 1. The Morgan fingerprint density at radius 2 is 1.86 bits per heavy atom. The number of imidazole rings is 1. The summed E-state index contributed by atoms with van der Waals surface area (Å²) in [6.07, 6.45) is 5.15. The molecule has 5 rings (SSSR count). The summed E-state index contributed by atoms with van der Waals surface area (Å²) in [7, 11) is -3.81. The van der Waals surface area contributed by atoms with Crippen molar-refractivity contribution < 1.29 is 17.9 Å². The minimum absolute atomic E-state index is 0.0701. The van der Waals surface area contributed by atoms with Crippen molar-refractivity contribution >= 4 is 38.7 Å². The van der Waals surface area contributed by atoms with E-state index in [1.807, 2.05) is 32.1 Å². The molecule has 4 heterocycles. The smallest absolute Gasteiger partial charge is 0.407 e. The quantitative estimate of drug-likeness (QED) is 0.461. The number of alkyl carbamates (subject to hydrolysis) is 1. The maximum Gasteiger partial charge on any atom is 0.407 e. The van der Waals surface area contributed by atoms with Crippen LogP contribution >= 0.6 is 0 Å². The lowest BCUT2D eigenvalue weighted by molar-refractivity contribution is 0.0509. The Morgan fingerprint density at radius 3 is 2.57 bits per heavy atom. The van der Waals surface area contributed by atoms with Crippen LogP contribution in [0.2, 0.25) is 0 Å². The zero-order chi connectivity index (χ0) is 25.0. The predicted octanol–water partition coefficient (Wildman–Crippen LogP) is 3.33. The zero-order valence-electron chi connectivity index (χ0n) is 20.1. The number of anilines is 1. The van der Waals surface area contributed by atoms with Crippen LogP contribution in [0.1, 0.15) is 32.8 Å². The molecule has 0 radical (unpaired) electrons. The molecule has 0 spiro atoms. The van der Waals surface area contributed by atoms with Crippen LogP contribution in [0.5, 0.6) is 0 Å². The first kappa shape index (κ1) is 23.2. The normalized spacial score (nSPS) is 16.8. The summed E-state index contributed by atoms with van der Waals surface area (Å²) in [6.45, 7) is 8.69. The van der Waals surface area contributed by atoms with Crippen LogP contribution in [0.4, 0.5) is 10.6 Å². The fraction of sp³-hybridized carbons (Fsp3) is 0.375. The maximum atomic E-state index is 13.3. The number of nitrogens with one attached hydrogen (secondary N) is 1. The molecule has 0 aliphatic carbocycles. The van der Waals surface area contributed by atoms with Gasteiger partial charge in [0.15, 0.2) is 11.3 Å². The average molecular weight is 497 g/mol. The molecule has 35 heavy (non-hydrogen) atoms. The summed E-state index contributed by atoms with van der Waals surface area (Å²) < 4.78 is 35.1. The number of aromatic nitrogens is 4. The number of fused-ring (bicyclic) bond motifs is 3. The van der Waals surface area contributed by atoms with E-state index in [9.17, 15) is 13.2 Å². The second-order valence-corrected chi connectivity index (χ2v) is 11.6. The topological polar surface area (TPSA) is 111 Å². The van der Waals surface area contributed by atoms with Crippen LogP contribution in [-0.4, -0.2) is 57.6 Å². The van der Waals surface area contributed by atoms with Crippen molar-refractivity contribution in [2.75, 3.05) is 18.0 Å². The molecule has 1 aromatic carbocycles. The summed E-state index contributed by atoms with van der Waals surface area (Å²) >= 11 is 0. The summed E-state index contributed by atoms with van der Waals surface area (Å²) in [5.41, 5.74) is 1.99. The molecule has 0 saturated carbocycles. The van der Waals surface area contributed by atoms with E-state index in [2.05, 4.69) is 20.2 Å². The lowest BCUT2D eigenvalue weighted by atomic mass is 10.2. The third-order valence-corrected chi connectivity index (χ3v) is 7.61. The van der Waals surface area contributed by atoms with Crippen LogP contribution in [-0.2, 0) is 14.8 Å². The van der Waals surface area contributed by atoms with Gasteiger partial charge in [0.25, 0.3) is 10.0 Å². The molecule has 4 aromatic rings. The van der Waals surface area contributed by atoms with Crippen LogP contribution < -0.4 is 10.2 Å². The highest BCUT2D eigenvalue weighted by Gasteiger charge is 2.29. The van der Waals surface area contributed by atoms with Gasteiger partial charge in [0.1, 0.15) is 11.4 Å². The van der Waals surface area contributed by atoms with Gasteiger partial charge >= 0.3 is 6.09 Å². The van der Waals surface area contributed by atoms with Crippen LogP contribution in [0.15, 0.2) is 53.8 Å². The second-order valence-electron chi connectivity index (χ2n) is 9.78. The number of nitrogens with zero attached hydrogens (tertiary/aromatic N) is 5. The van der Waals surface area contributed by atoms with Crippen molar-refractivity contribution in [3.05, 3.63) is 54.5 Å². The van der Waals surface area contributed by atoms with Gasteiger partial charge in [0, 0.05) is 19.3 Å². The number of carbonyl (C=O) groups excluding carboxylic acids is 1. The Labute approximate surface area is 203 Å². The SMILES string of the molecule is Cc1ccc(S(=O)(=O)n2ccc3c2ncc2ncc(N4CCC(NC(=O)OC(C)(C)C)C4)n23)cc1. The van der Waals surface area contributed by atoms with E-state index in [0.29, 0.717) is 29.9 Å². The molecule has 1 unspecified atom stereocenters. The highest BCUT2D eigenvalue weighted by molar-refractivity contribution is 7.90. The highest BCUT2D eigenvalue weighted by atomic mass is 32.2. The summed E-state index contributed by atoms with van der Waals surface area (Å²) in [4.78, 5) is 23.4. The van der Waals surface area contributed by atoms with E-state index in [1.165, 1.54) is 10.2 Å². The van der Waals surface area contributed by atoms with Gasteiger partial charge in [-0.05, 0) is 52.3 Å². The number of rotatable bonds is 4. The first-order valence-corrected chi connectivity index (χ1v) is 12.9. The minimum atomic E-state index is -3.81. The Morgan fingerprint density at radius 1 is 1.11 bits per heavy atom. The molecule has 1 N–H and O–H groups in total. The zero-order valence-corrected chi connectivity index (χ0v) is 20.9. The molecule has 184 valence electrons. The molecule has 1 saturated heterocycles. The van der Waals surface area contributed by atoms with Gasteiger partial charge in [-0.3, -0.25) is 4.40 Å². The fourth-order valence-corrected chi connectivity index (χ4v) is 5.61. The largest absolute Gasteiger partial charge is 0.444 e. The molecule has 10 nitrogen and oxygen atoms in total. The molecule has 3 aromatic heterocycles. The van der Waals surface area contributed by atoms with Crippen molar-refractivity contribution in [2.24, 2.45) is 0 Å². The number of ether oxygens (including phenoxy) is 1. The number of aryl methyl sites for hydroxylation is 1. The third-order valence-electron chi connectivity index (χ3n) is 5.93. The first-order chi connectivity index (χ1) is 16.5. The fourth-order valence-electron chi connectivity index (χ4n) is 4.31. The first-order valence-electron chi connectivity index (χ1n) is 11.4. The Hall–Kier alpha value is -3.60. The van der Waals surface area contributed by atoms with Gasteiger partial charge in [0.2, 0.25) is 0 Å². The van der Waals surface area contributed by atoms with Crippen molar-refractivity contribution in [1.82, 2.24) is 23.7 Å². The van der Waals surface area contributed by atoms with E-state index in [0.717, 1.165) is 17.8 Å². The Kier molecular flexibility index (Phi) is 5.47. The molecule has 1 aliphatic rings. The predicted molar refractivity (Wildman–Crippen MR) is 132 cm³/mol. The molecule has 0 bridgehead atoms. The summed E-state index contributed by atoms with van der Waals surface area (Å²) in [5.74, 6) is 0.811. The summed E-state index contributed by atoms with van der Waals surface area (Å²) in [6, 6.07) is 8.40. The van der Waals surface area contributed by atoms with Gasteiger partial charge in [0.05, 0.1) is 28.8 Å². The third kappa shape index (κ3) is 4.31. The molecular weight excluding hydrogens is 468 g/mol. The van der Waals surface area contributed by atoms with Crippen molar-refractivity contribution in [2.45, 2.75) is 50.7 Å². The minimum Gasteiger partial charge on any atom is -0.444 e. The van der Waals surface area contributed by atoms with Gasteiger partial charge in [-0.25, -0.2) is 27.2 Å². The monoisotopic (exact) mass is 496 g/mol. The second kappa shape index (κ2) is 8.26. The molecule has 1 aliphatic heterocycles. The van der Waals surface area contributed by atoms with Crippen LogP contribution in [0.3, 0.4) is 0 Å². The number of carbonyl (C=O) groups is 1. The Balaban J connectivity index is 1.46. The van der Waals surface area contributed by atoms with Crippen molar-refractivity contribution in [1.29, 1.82) is 0 Å². The van der Waals surface area contributed by atoms with Crippen LogP contribution in [0.25, 0.3) is 16.8 Å². The van der Waals surface area contributed by atoms with E-state index >= 15 is 0 Å². The van der Waals surface area contributed by atoms with Crippen molar-refractivity contribution in [3.63, 3.8) is 0 Å². The van der Waals surface area contributed by atoms with E-state index < -0.39 is 21.7 Å². The Bertz CT molecular complexity index is 1520. The van der Waals surface area contributed by atoms with E-state index in [1.54, 1.807) is 42.7 Å². The number of hydrogen-bond donors (Lipinski definition) is 1. The van der Waals surface area contributed by atoms with E-state index in [4.69, 9.17) is 4.74 Å². The molecule has 1 fully saturated rings.